The Morgan fingerprint density at radius 1 is 1.13 bits per heavy atom. The molecule has 0 saturated heterocycles. The van der Waals surface area contributed by atoms with Gasteiger partial charge in [-0.2, -0.15) is 13.2 Å². The van der Waals surface area contributed by atoms with Gasteiger partial charge in [-0.1, -0.05) is 59.1 Å². The number of amides is 2. The van der Waals surface area contributed by atoms with E-state index in [1.165, 1.54) is 18.2 Å². The molecule has 4 nitrogen and oxygen atoms in total. The van der Waals surface area contributed by atoms with Crippen LogP contribution in [-0.4, -0.2) is 24.5 Å². The maximum atomic E-state index is 13.6. The standard InChI is InChI=1S/C20H16Cl3F3N2O2/c1-10-6-11(2-4-13(10)19(30)28-9-17(27)29)3-5-14(20(24,25)26)12-7-15(21)18(23)16(22)8-12/h2-8,14H,9H2,1H3,(H2,27,29)(H,28,30). The number of alkyl halides is 3. The van der Waals surface area contributed by atoms with E-state index in [0.29, 0.717) is 11.1 Å². The average Bonchev–Trinajstić information content (AvgIpc) is 2.63. The van der Waals surface area contributed by atoms with E-state index in [2.05, 4.69) is 5.32 Å². The second kappa shape index (κ2) is 9.73. The first-order valence-corrected chi connectivity index (χ1v) is 9.60. The number of rotatable bonds is 6. The topological polar surface area (TPSA) is 72.2 Å². The lowest BCUT2D eigenvalue weighted by atomic mass is 9.96. The van der Waals surface area contributed by atoms with Crippen LogP contribution in [0.3, 0.4) is 0 Å². The van der Waals surface area contributed by atoms with Crippen LogP contribution in [0.25, 0.3) is 6.08 Å². The Hall–Kier alpha value is -2.22. The van der Waals surface area contributed by atoms with Crippen LogP contribution in [-0.2, 0) is 4.79 Å². The number of carbonyl (C=O) groups is 2. The minimum Gasteiger partial charge on any atom is -0.368 e. The summed E-state index contributed by atoms with van der Waals surface area (Å²) in [7, 11) is 0. The molecule has 0 aliphatic rings. The lowest BCUT2D eigenvalue weighted by Gasteiger charge is -2.18. The molecule has 2 amide bonds. The van der Waals surface area contributed by atoms with E-state index < -0.39 is 23.9 Å². The highest BCUT2D eigenvalue weighted by molar-refractivity contribution is 6.48. The van der Waals surface area contributed by atoms with Crippen molar-refractivity contribution in [3.05, 3.63) is 73.7 Å². The van der Waals surface area contributed by atoms with Gasteiger partial charge in [0.2, 0.25) is 5.91 Å². The average molecular weight is 480 g/mol. The summed E-state index contributed by atoms with van der Waals surface area (Å²) < 4.78 is 40.8. The highest BCUT2D eigenvalue weighted by Crippen LogP contribution is 2.41. The molecule has 0 aliphatic carbocycles. The van der Waals surface area contributed by atoms with Gasteiger partial charge in [0, 0.05) is 5.56 Å². The van der Waals surface area contributed by atoms with Crippen molar-refractivity contribution >= 4 is 52.7 Å². The lowest BCUT2D eigenvalue weighted by Crippen LogP contribution is -2.33. The highest BCUT2D eigenvalue weighted by Gasteiger charge is 2.39. The quantitative estimate of drug-likeness (QED) is 0.535. The largest absolute Gasteiger partial charge is 0.399 e. The van der Waals surface area contributed by atoms with Crippen molar-refractivity contribution in [1.82, 2.24) is 5.32 Å². The molecule has 2 aromatic carbocycles. The van der Waals surface area contributed by atoms with E-state index >= 15 is 0 Å². The zero-order valence-electron chi connectivity index (χ0n) is 15.5. The molecule has 3 N–H and O–H groups in total. The second-order valence-electron chi connectivity index (χ2n) is 6.40. The van der Waals surface area contributed by atoms with Crippen LogP contribution >= 0.6 is 34.8 Å². The Balaban J connectivity index is 2.31. The fourth-order valence-electron chi connectivity index (χ4n) is 2.68. The number of benzene rings is 2. The van der Waals surface area contributed by atoms with Crippen LogP contribution < -0.4 is 11.1 Å². The lowest BCUT2D eigenvalue weighted by molar-refractivity contribution is -0.139. The third-order valence-electron chi connectivity index (χ3n) is 4.12. The van der Waals surface area contributed by atoms with Gasteiger partial charge in [0.25, 0.3) is 5.91 Å². The monoisotopic (exact) mass is 478 g/mol. The Kier molecular flexibility index (Phi) is 7.80. The van der Waals surface area contributed by atoms with Gasteiger partial charge in [-0.3, -0.25) is 9.59 Å². The molecule has 0 aliphatic heterocycles. The summed E-state index contributed by atoms with van der Waals surface area (Å²) in [6.45, 7) is 1.30. The molecular weight excluding hydrogens is 464 g/mol. The minimum absolute atomic E-state index is 0.0205. The van der Waals surface area contributed by atoms with Gasteiger partial charge in [0.05, 0.1) is 27.5 Å². The molecule has 1 atom stereocenters. The van der Waals surface area contributed by atoms with Crippen molar-refractivity contribution in [3.8, 4) is 0 Å². The van der Waals surface area contributed by atoms with E-state index in [-0.39, 0.29) is 32.7 Å². The third kappa shape index (κ3) is 6.14. The number of carbonyl (C=O) groups excluding carboxylic acids is 2. The number of allylic oxidation sites excluding steroid dienone is 1. The van der Waals surface area contributed by atoms with Crippen LogP contribution in [0.2, 0.25) is 15.1 Å². The number of nitrogens with two attached hydrogens (primary N) is 1. The Bertz CT molecular complexity index is 984. The zero-order chi connectivity index (χ0) is 22.6. The summed E-state index contributed by atoms with van der Waals surface area (Å²) in [4.78, 5) is 22.8. The van der Waals surface area contributed by atoms with Gasteiger partial charge in [0.15, 0.2) is 0 Å². The zero-order valence-corrected chi connectivity index (χ0v) is 17.8. The second-order valence-corrected chi connectivity index (χ2v) is 7.59. The van der Waals surface area contributed by atoms with Crippen molar-refractivity contribution in [1.29, 1.82) is 0 Å². The first kappa shape index (κ1) is 24.1. The Morgan fingerprint density at radius 3 is 2.23 bits per heavy atom. The molecule has 0 heterocycles. The summed E-state index contributed by atoms with van der Waals surface area (Å²) >= 11 is 17.6. The summed E-state index contributed by atoms with van der Waals surface area (Å²) in [5, 5.41) is 2.17. The van der Waals surface area contributed by atoms with Crippen LogP contribution in [0.4, 0.5) is 13.2 Å². The van der Waals surface area contributed by atoms with Crippen LogP contribution in [0, 0.1) is 6.92 Å². The van der Waals surface area contributed by atoms with Crippen LogP contribution in [0.15, 0.2) is 36.4 Å². The van der Waals surface area contributed by atoms with Gasteiger partial charge < -0.3 is 11.1 Å². The van der Waals surface area contributed by atoms with E-state index in [1.807, 2.05) is 0 Å². The molecule has 0 fully saturated rings. The molecule has 0 bridgehead atoms. The summed E-state index contributed by atoms with van der Waals surface area (Å²) in [6.07, 6.45) is -2.34. The van der Waals surface area contributed by atoms with E-state index in [4.69, 9.17) is 40.5 Å². The van der Waals surface area contributed by atoms with Crippen molar-refractivity contribution in [2.75, 3.05) is 6.54 Å². The molecule has 0 aromatic heterocycles. The molecule has 2 rings (SSSR count). The number of primary amides is 1. The molecule has 0 spiro atoms. The molecule has 1 unspecified atom stereocenters. The summed E-state index contributed by atoms with van der Waals surface area (Å²) in [5.74, 6) is -3.18. The molecule has 10 heteroatoms. The molecule has 160 valence electrons. The first-order chi connectivity index (χ1) is 13.9. The fraction of sp³-hybridized carbons (Fsp3) is 0.200. The Labute approximate surface area is 185 Å². The van der Waals surface area contributed by atoms with Gasteiger partial charge in [-0.05, 0) is 41.8 Å². The van der Waals surface area contributed by atoms with E-state index in [9.17, 15) is 22.8 Å². The predicted molar refractivity (Wildman–Crippen MR) is 112 cm³/mol. The highest BCUT2D eigenvalue weighted by atomic mass is 35.5. The third-order valence-corrected chi connectivity index (χ3v) is 5.31. The number of aryl methyl sites for hydroxylation is 1. The van der Waals surface area contributed by atoms with Crippen LogP contribution in [0.5, 0.6) is 0 Å². The van der Waals surface area contributed by atoms with Gasteiger partial charge >= 0.3 is 6.18 Å². The van der Waals surface area contributed by atoms with Crippen molar-refractivity contribution in [2.45, 2.75) is 19.0 Å². The maximum absolute atomic E-state index is 13.6. The van der Waals surface area contributed by atoms with Gasteiger partial charge in [0.1, 0.15) is 0 Å². The van der Waals surface area contributed by atoms with E-state index in [1.54, 1.807) is 13.0 Å². The molecule has 0 saturated carbocycles. The van der Waals surface area contributed by atoms with Gasteiger partial charge in [-0.15, -0.1) is 0 Å². The normalized spacial score (nSPS) is 12.8. The van der Waals surface area contributed by atoms with E-state index in [0.717, 1.165) is 18.2 Å². The summed E-state index contributed by atoms with van der Waals surface area (Å²) in [5.41, 5.74) is 6.06. The molecule has 0 radical (unpaired) electrons. The van der Waals surface area contributed by atoms with Crippen molar-refractivity contribution < 1.29 is 22.8 Å². The Morgan fingerprint density at radius 2 is 1.73 bits per heavy atom. The predicted octanol–water partition coefficient (Wildman–Crippen LogP) is 5.53. The first-order valence-electron chi connectivity index (χ1n) is 8.46. The van der Waals surface area contributed by atoms with Crippen LogP contribution in [0.1, 0.15) is 33.0 Å². The number of halogens is 6. The minimum atomic E-state index is -4.60. The molecular formula is C20H16Cl3F3N2O2. The SMILES string of the molecule is Cc1cc(C=CC(c2cc(Cl)c(Cl)c(Cl)c2)C(F)(F)F)ccc1C(=O)NCC(N)=O. The number of nitrogens with one attached hydrogen (secondary N) is 1. The molecule has 2 aromatic rings. The smallest absolute Gasteiger partial charge is 0.368 e. The molecule has 30 heavy (non-hydrogen) atoms. The van der Waals surface area contributed by atoms with Crippen molar-refractivity contribution in [3.63, 3.8) is 0 Å². The van der Waals surface area contributed by atoms with Gasteiger partial charge in [-0.25, -0.2) is 0 Å². The maximum Gasteiger partial charge on any atom is 0.399 e. The van der Waals surface area contributed by atoms with Crippen molar-refractivity contribution in [2.24, 2.45) is 5.73 Å². The summed E-state index contributed by atoms with van der Waals surface area (Å²) in [6, 6.07) is 6.72. The fourth-order valence-corrected chi connectivity index (χ4v) is 3.29. The number of hydrogen-bond donors (Lipinski definition) is 2. The number of hydrogen-bond acceptors (Lipinski definition) is 2.